The van der Waals surface area contributed by atoms with Gasteiger partial charge in [0.2, 0.25) is 0 Å². The maximum Gasteiger partial charge on any atom is 0.312 e. The van der Waals surface area contributed by atoms with E-state index in [1.807, 2.05) is 0 Å². The standard InChI is InChI=1S/C13H18N2O2S/c16-12(17)9-4-5-10-11(9)15-13(18-10)14-7-6-8-2-1-3-8/h8-9H,1-7H2,(H,14,15)(H,16,17). The number of aliphatic carboxylic acids is 1. The Labute approximate surface area is 110 Å². The van der Waals surface area contributed by atoms with Gasteiger partial charge in [-0.1, -0.05) is 19.3 Å². The highest BCUT2D eigenvalue weighted by molar-refractivity contribution is 7.15. The summed E-state index contributed by atoms with van der Waals surface area (Å²) in [5.41, 5.74) is 0.804. The van der Waals surface area contributed by atoms with Crippen LogP contribution in [0.2, 0.25) is 0 Å². The molecular formula is C13H18N2O2S. The molecule has 1 fully saturated rings. The van der Waals surface area contributed by atoms with Crippen molar-refractivity contribution in [3.63, 3.8) is 0 Å². The third-order valence-corrected chi connectivity index (χ3v) is 5.16. The first-order valence-electron chi connectivity index (χ1n) is 6.70. The number of aromatic nitrogens is 1. The van der Waals surface area contributed by atoms with E-state index in [0.29, 0.717) is 6.42 Å². The first kappa shape index (κ1) is 12.0. The van der Waals surface area contributed by atoms with Crippen LogP contribution in [0.4, 0.5) is 5.13 Å². The molecule has 5 heteroatoms. The Bertz CT molecular complexity index is 454. The Morgan fingerprint density at radius 2 is 2.28 bits per heavy atom. The molecule has 0 saturated heterocycles. The number of nitrogens with one attached hydrogen (secondary N) is 1. The molecule has 0 radical (unpaired) electrons. The Balaban J connectivity index is 1.57. The van der Waals surface area contributed by atoms with Gasteiger partial charge in [-0.25, -0.2) is 4.98 Å². The van der Waals surface area contributed by atoms with Gasteiger partial charge in [0.05, 0.1) is 5.69 Å². The molecule has 1 aromatic rings. The minimum Gasteiger partial charge on any atom is -0.481 e. The zero-order valence-electron chi connectivity index (χ0n) is 10.3. The van der Waals surface area contributed by atoms with E-state index in [4.69, 9.17) is 5.11 Å². The minimum atomic E-state index is -0.736. The Morgan fingerprint density at radius 1 is 1.44 bits per heavy atom. The number of anilines is 1. The van der Waals surface area contributed by atoms with E-state index in [1.165, 1.54) is 25.7 Å². The lowest BCUT2D eigenvalue weighted by Crippen LogP contribution is -2.15. The van der Waals surface area contributed by atoms with Crippen molar-refractivity contribution >= 4 is 22.4 Å². The third kappa shape index (κ3) is 2.23. The molecule has 4 nitrogen and oxygen atoms in total. The molecule has 18 heavy (non-hydrogen) atoms. The van der Waals surface area contributed by atoms with Gasteiger partial charge in [0.15, 0.2) is 5.13 Å². The van der Waals surface area contributed by atoms with Gasteiger partial charge in [0, 0.05) is 11.4 Å². The second kappa shape index (κ2) is 4.88. The van der Waals surface area contributed by atoms with Gasteiger partial charge in [0.1, 0.15) is 5.92 Å². The third-order valence-electron chi connectivity index (χ3n) is 4.07. The van der Waals surface area contributed by atoms with Crippen LogP contribution in [-0.2, 0) is 11.2 Å². The summed E-state index contributed by atoms with van der Waals surface area (Å²) in [7, 11) is 0. The SMILES string of the molecule is O=C(O)C1CCc2sc(NCCC3CCC3)nc21. The Morgan fingerprint density at radius 3 is 2.94 bits per heavy atom. The molecule has 1 unspecified atom stereocenters. The zero-order valence-corrected chi connectivity index (χ0v) is 11.1. The molecule has 1 heterocycles. The number of carboxylic acid groups (broad SMARTS) is 1. The van der Waals surface area contributed by atoms with Crippen LogP contribution in [0.3, 0.4) is 0 Å². The number of rotatable bonds is 5. The van der Waals surface area contributed by atoms with Crippen LogP contribution in [-0.4, -0.2) is 22.6 Å². The highest BCUT2D eigenvalue weighted by atomic mass is 32.1. The van der Waals surface area contributed by atoms with Gasteiger partial charge < -0.3 is 10.4 Å². The molecule has 2 aliphatic rings. The lowest BCUT2D eigenvalue weighted by molar-refractivity contribution is -0.138. The lowest BCUT2D eigenvalue weighted by atomic mass is 9.83. The highest BCUT2D eigenvalue weighted by Crippen LogP contribution is 2.38. The smallest absolute Gasteiger partial charge is 0.312 e. The van der Waals surface area contributed by atoms with Gasteiger partial charge in [-0.15, -0.1) is 11.3 Å². The van der Waals surface area contributed by atoms with E-state index in [-0.39, 0.29) is 5.92 Å². The Kier molecular flexibility index (Phi) is 3.24. The van der Waals surface area contributed by atoms with Crippen molar-refractivity contribution in [2.75, 3.05) is 11.9 Å². The summed E-state index contributed by atoms with van der Waals surface area (Å²) in [4.78, 5) is 16.7. The van der Waals surface area contributed by atoms with Gasteiger partial charge in [-0.3, -0.25) is 4.79 Å². The zero-order chi connectivity index (χ0) is 12.5. The monoisotopic (exact) mass is 266 g/mol. The van der Waals surface area contributed by atoms with Crippen LogP contribution < -0.4 is 5.32 Å². The first-order chi connectivity index (χ1) is 8.74. The summed E-state index contributed by atoms with van der Waals surface area (Å²) >= 11 is 1.63. The fraction of sp³-hybridized carbons (Fsp3) is 0.692. The molecular weight excluding hydrogens is 248 g/mol. The summed E-state index contributed by atoms with van der Waals surface area (Å²) in [6.45, 7) is 0.967. The predicted octanol–water partition coefficient (Wildman–Crippen LogP) is 2.86. The van der Waals surface area contributed by atoms with Crippen molar-refractivity contribution in [3.05, 3.63) is 10.6 Å². The average molecular weight is 266 g/mol. The fourth-order valence-electron chi connectivity index (χ4n) is 2.71. The number of carbonyl (C=O) groups is 1. The molecule has 1 atom stereocenters. The van der Waals surface area contributed by atoms with E-state index in [1.54, 1.807) is 11.3 Å². The molecule has 2 aliphatic carbocycles. The number of carboxylic acids is 1. The van der Waals surface area contributed by atoms with Crippen molar-refractivity contribution in [1.29, 1.82) is 0 Å². The van der Waals surface area contributed by atoms with Crippen molar-refractivity contribution < 1.29 is 9.90 Å². The number of nitrogens with zero attached hydrogens (tertiary/aromatic N) is 1. The predicted molar refractivity (Wildman–Crippen MR) is 71.3 cm³/mol. The molecule has 1 saturated carbocycles. The van der Waals surface area contributed by atoms with Crippen LogP contribution in [0.5, 0.6) is 0 Å². The Hall–Kier alpha value is -1.10. The summed E-state index contributed by atoms with van der Waals surface area (Å²) in [5, 5.41) is 13.4. The summed E-state index contributed by atoms with van der Waals surface area (Å²) < 4.78 is 0. The maximum atomic E-state index is 11.1. The number of thiazole rings is 1. The normalized spacial score (nSPS) is 22.6. The van der Waals surface area contributed by atoms with Crippen LogP contribution in [0.1, 0.15) is 48.6 Å². The quantitative estimate of drug-likeness (QED) is 0.860. The van der Waals surface area contributed by atoms with Gasteiger partial charge >= 0.3 is 5.97 Å². The lowest BCUT2D eigenvalue weighted by Gasteiger charge is -2.25. The molecule has 0 amide bonds. The summed E-state index contributed by atoms with van der Waals surface area (Å²) in [6.07, 6.45) is 6.93. The van der Waals surface area contributed by atoms with Crippen LogP contribution in [0.25, 0.3) is 0 Å². The highest BCUT2D eigenvalue weighted by Gasteiger charge is 2.32. The first-order valence-corrected chi connectivity index (χ1v) is 7.52. The molecule has 98 valence electrons. The molecule has 1 aromatic heterocycles. The van der Waals surface area contributed by atoms with Crippen molar-refractivity contribution in [2.24, 2.45) is 5.92 Å². The van der Waals surface area contributed by atoms with Crippen LogP contribution in [0.15, 0.2) is 0 Å². The number of aryl methyl sites for hydroxylation is 1. The molecule has 0 aliphatic heterocycles. The maximum absolute atomic E-state index is 11.1. The molecule has 2 N–H and O–H groups in total. The molecule has 0 bridgehead atoms. The minimum absolute atomic E-state index is 0.376. The molecule has 3 rings (SSSR count). The van der Waals surface area contributed by atoms with E-state index < -0.39 is 5.97 Å². The van der Waals surface area contributed by atoms with Gasteiger partial charge in [-0.05, 0) is 25.2 Å². The van der Waals surface area contributed by atoms with Crippen LogP contribution in [0, 0.1) is 5.92 Å². The molecule has 0 spiro atoms. The van der Waals surface area contributed by atoms with E-state index in [9.17, 15) is 4.79 Å². The van der Waals surface area contributed by atoms with E-state index >= 15 is 0 Å². The van der Waals surface area contributed by atoms with Crippen molar-refractivity contribution in [2.45, 2.75) is 44.4 Å². The average Bonchev–Trinajstić information content (AvgIpc) is 2.79. The largest absolute Gasteiger partial charge is 0.481 e. The topological polar surface area (TPSA) is 62.2 Å². The second-order valence-electron chi connectivity index (χ2n) is 5.27. The molecule has 0 aromatic carbocycles. The number of fused-ring (bicyclic) bond motifs is 1. The van der Waals surface area contributed by atoms with E-state index in [0.717, 1.165) is 34.6 Å². The van der Waals surface area contributed by atoms with Gasteiger partial charge in [-0.2, -0.15) is 0 Å². The van der Waals surface area contributed by atoms with Crippen molar-refractivity contribution in [3.8, 4) is 0 Å². The summed E-state index contributed by atoms with van der Waals surface area (Å²) in [6, 6.07) is 0. The number of hydrogen-bond donors (Lipinski definition) is 2. The van der Waals surface area contributed by atoms with Crippen molar-refractivity contribution in [1.82, 2.24) is 4.98 Å². The van der Waals surface area contributed by atoms with Gasteiger partial charge in [0.25, 0.3) is 0 Å². The summed E-state index contributed by atoms with van der Waals surface area (Å²) in [5.74, 6) is -0.213. The fourth-order valence-corrected chi connectivity index (χ4v) is 3.77. The van der Waals surface area contributed by atoms with E-state index in [2.05, 4.69) is 10.3 Å². The van der Waals surface area contributed by atoms with Crippen LogP contribution >= 0.6 is 11.3 Å². The number of hydrogen-bond acceptors (Lipinski definition) is 4. The second-order valence-corrected chi connectivity index (χ2v) is 6.35.